The molecule has 4 heteroatoms. The van der Waals surface area contributed by atoms with Crippen LogP contribution in [-0.4, -0.2) is 13.0 Å². The number of rotatable bonds is 4. The van der Waals surface area contributed by atoms with E-state index in [1.165, 1.54) is 0 Å². The zero-order valence-corrected chi connectivity index (χ0v) is 11.6. The van der Waals surface area contributed by atoms with Crippen molar-refractivity contribution in [2.75, 3.05) is 12.8 Å². The van der Waals surface area contributed by atoms with Gasteiger partial charge in [0.2, 0.25) is 0 Å². The van der Waals surface area contributed by atoms with Crippen LogP contribution in [0.4, 0.5) is 5.69 Å². The lowest BCUT2D eigenvalue weighted by atomic mass is 10.1. The maximum absolute atomic E-state index is 12.1. The van der Waals surface area contributed by atoms with Gasteiger partial charge in [-0.2, -0.15) is 0 Å². The van der Waals surface area contributed by atoms with E-state index >= 15 is 0 Å². The summed E-state index contributed by atoms with van der Waals surface area (Å²) >= 11 is 0. The highest BCUT2D eigenvalue weighted by molar-refractivity contribution is 5.94. The first kappa shape index (κ1) is 13.9. The lowest BCUT2D eigenvalue weighted by molar-refractivity contribution is 0.0940. The van der Waals surface area contributed by atoms with E-state index in [4.69, 9.17) is 10.5 Å². The summed E-state index contributed by atoms with van der Waals surface area (Å²) in [4.78, 5) is 12.1. The van der Waals surface area contributed by atoms with Gasteiger partial charge in [-0.05, 0) is 48.9 Å². The van der Waals surface area contributed by atoms with Gasteiger partial charge in [0.15, 0.2) is 0 Å². The van der Waals surface area contributed by atoms with Gasteiger partial charge < -0.3 is 15.8 Å². The van der Waals surface area contributed by atoms with Crippen molar-refractivity contribution in [3.63, 3.8) is 0 Å². The summed E-state index contributed by atoms with van der Waals surface area (Å²) < 4.78 is 5.18. The van der Waals surface area contributed by atoms with Gasteiger partial charge in [-0.25, -0.2) is 0 Å². The molecule has 104 valence electrons. The molecule has 0 saturated carbocycles. The molecule has 0 saturated heterocycles. The maximum atomic E-state index is 12.1. The molecule has 0 aliphatic heterocycles. The molecule has 0 spiro atoms. The van der Waals surface area contributed by atoms with E-state index in [9.17, 15) is 4.79 Å². The molecule has 4 nitrogen and oxygen atoms in total. The molecule has 0 aromatic heterocycles. The highest BCUT2D eigenvalue weighted by atomic mass is 16.5. The fourth-order valence-corrected chi connectivity index (χ4v) is 1.91. The molecule has 3 N–H and O–H groups in total. The van der Waals surface area contributed by atoms with Crippen LogP contribution in [0.1, 0.15) is 28.9 Å². The summed E-state index contributed by atoms with van der Waals surface area (Å²) in [5.74, 6) is 0.649. The molecular weight excluding hydrogens is 252 g/mol. The number of carbonyl (C=O) groups excluding carboxylic acids is 1. The van der Waals surface area contributed by atoms with Crippen LogP contribution >= 0.6 is 0 Å². The van der Waals surface area contributed by atoms with Crippen LogP contribution in [0.2, 0.25) is 0 Å². The lowest BCUT2D eigenvalue weighted by Crippen LogP contribution is -2.26. The Morgan fingerprint density at radius 1 is 1.20 bits per heavy atom. The number of amides is 1. The SMILES string of the molecule is COc1cccc([C@@H](C)NC(=O)c2ccc(N)cc2)c1. The molecule has 0 aliphatic carbocycles. The van der Waals surface area contributed by atoms with Crippen molar-refractivity contribution in [3.8, 4) is 5.75 Å². The summed E-state index contributed by atoms with van der Waals surface area (Å²) in [5, 5.41) is 2.95. The first-order valence-corrected chi connectivity index (χ1v) is 6.40. The number of nitrogen functional groups attached to an aromatic ring is 1. The standard InChI is InChI=1S/C16H18N2O2/c1-11(13-4-3-5-15(10-13)20-2)18-16(19)12-6-8-14(17)9-7-12/h3-11H,17H2,1-2H3,(H,18,19)/t11-/m1/s1. The van der Waals surface area contributed by atoms with Gasteiger partial charge in [0.1, 0.15) is 5.75 Å². The minimum Gasteiger partial charge on any atom is -0.497 e. The Bertz CT molecular complexity index is 594. The number of benzene rings is 2. The molecule has 20 heavy (non-hydrogen) atoms. The van der Waals surface area contributed by atoms with E-state index in [0.717, 1.165) is 11.3 Å². The minimum absolute atomic E-state index is 0.102. The number of hydrogen-bond acceptors (Lipinski definition) is 3. The molecule has 0 unspecified atom stereocenters. The van der Waals surface area contributed by atoms with Crippen molar-refractivity contribution in [2.45, 2.75) is 13.0 Å². The van der Waals surface area contributed by atoms with Crippen LogP contribution in [0.25, 0.3) is 0 Å². The van der Waals surface area contributed by atoms with E-state index in [1.807, 2.05) is 31.2 Å². The van der Waals surface area contributed by atoms with Gasteiger partial charge in [0, 0.05) is 11.3 Å². The quantitative estimate of drug-likeness (QED) is 0.840. The molecule has 1 atom stereocenters. The van der Waals surface area contributed by atoms with Crippen LogP contribution < -0.4 is 15.8 Å². The largest absolute Gasteiger partial charge is 0.497 e. The third kappa shape index (κ3) is 3.29. The first-order valence-electron chi connectivity index (χ1n) is 6.40. The summed E-state index contributed by atoms with van der Waals surface area (Å²) in [6.07, 6.45) is 0. The monoisotopic (exact) mass is 270 g/mol. The Balaban J connectivity index is 2.08. The van der Waals surface area contributed by atoms with Gasteiger partial charge in [-0.3, -0.25) is 4.79 Å². The smallest absolute Gasteiger partial charge is 0.251 e. The second kappa shape index (κ2) is 6.10. The van der Waals surface area contributed by atoms with E-state index in [1.54, 1.807) is 31.4 Å². The predicted molar refractivity (Wildman–Crippen MR) is 79.7 cm³/mol. The number of nitrogens with one attached hydrogen (secondary N) is 1. The topological polar surface area (TPSA) is 64.3 Å². The third-order valence-electron chi connectivity index (χ3n) is 3.11. The Morgan fingerprint density at radius 3 is 2.55 bits per heavy atom. The van der Waals surface area contributed by atoms with Gasteiger partial charge in [0.05, 0.1) is 13.2 Å². The van der Waals surface area contributed by atoms with Crippen LogP contribution in [0.3, 0.4) is 0 Å². The van der Waals surface area contributed by atoms with E-state index in [-0.39, 0.29) is 11.9 Å². The zero-order valence-electron chi connectivity index (χ0n) is 11.6. The molecule has 0 heterocycles. The van der Waals surface area contributed by atoms with Gasteiger partial charge >= 0.3 is 0 Å². The number of ether oxygens (including phenoxy) is 1. The second-order valence-electron chi connectivity index (χ2n) is 4.59. The van der Waals surface area contributed by atoms with Crippen molar-refractivity contribution in [2.24, 2.45) is 0 Å². The molecule has 1 amide bonds. The molecule has 0 aliphatic rings. The summed E-state index contributed by atoms with van der Waals surface area (Å²) in [6.45, 7) is 1.93. The maximum Gasteiger partial charge on any atom is 0.251 e. The normalized spacial score (nSPS) is 11.7. The van der Waals surface area contributed by atoms with E-state index in [2.05, 4.69) is 5.32 Å². The Morgan fingerprint density at radius 2 is 1.90 bits per heavy atom. The molecule has 2 aromatic carbocycles. The van der Waals surface area contributed by atoms with Gasteiger partial charge in [0.25, 0.3) is 5.91 Å². The number of hydrogen-bond donors (Lipinski definition) is 2. The van der Waals surface area contributed by atoms with Crippen LogP contribution in [0.5, 0.6) is 5.75 Å². The number of anilines is 1. The average Bonchev–Trinajstić information content (AvgIpc) is 2.47. The van der Waals surface area contributed by atoms with Crippen LogP contribution in [0.15, 0.2) is 48.5 Å². The van der Waals surface area contributed by atoms with E-state index in [0.29, 0.717) is 11.3 Å². The van der Waals surface area contributed by atoms with E-state index < -0.39 is 0 Å². The second-order valence-corrected chi connectivity index (χ2v) is 4.59. The van der Waals surface area contributed by atoms with Crippen molar-refractivity contribution >= 4 is 11.6 Å². The highest BCUT2D eigenvalue weighted by Crippen LogP contribution is 2.19. The average molecular weight is 270 g/mol. The summed E-state index contributed by atoms with van der Waals surface area (Å²) in [6, 6.07) is 14.4. The van der Waals surface area contributed by atoms with Crippen LogP contribution in [-0.2, 0) is 0 Å². The van der Waals surface area contributed by atoms with Crippen molar-refractivity contribution in [1.82, 2.24) is 5.32 Å². The predicted octanol–water partition coefficient (Wildman–Crippen LogP) is 2.77. The zero-order chi connectivity index (χ0) is 14.5. The molecule has 0 bridgehead atoms. The van der Waals surface area contributed by atoms with Gasteiger partial charge in [-0.15, -0.1) is 0 Å². The van der Waals surface area contributed by atoms with Crippen molar-refractivity contribution in [3.05, 3.63) is 59.7 Å². The third-order valence-corrected chi connectivity index (χ3v) is 3.11. The fourth-order valence-electron chi connectivity index (χ4n) is 1.91. The van der Waals surface area contributed by atoms with Crippen molar-refractivity contribution < 1.29 is 9.53 Å². The molecule has 2 aromatic rings. The molecule has 0 radical (unpaired) electrons. The fraction of sp³-hybridized carbons (Fsp3) is 0.188. The number of nitrogens with two attached hydrogens (primary N) is 1. The lowest BCUT2D eigenvalue weighted by Gasteiger charge is -2.15. The Kier molecular flexibility index (Phi) is 4.25. The molecule has 2 rings (SSSR count). The Hall–Kier alpha value is -2.49. The molecule has 0 fully saturated rings. The number of methoxy groups -OCH3 is 1. The number of carbonyl (C=O) groups is 1. The highest BCUT2D eigenvalue weighted by Gasteiger charge is 2.11. The molecular formula is C16H18N2O2. The van der Waals surface area contributed by atoms with Crippen molar-refractivity contribution in [1.29, 1.82) is 0 Å². The Labute approximate surface area is 118 Å². The first-order chi connectivity index (χ1) is 9.60. The summed E-state index contributed by atoms with van der Waals surface area (Å²) in [7, 11) is 1.62. The van der Waals surface area contributed by atoms with Crippen LogP contribution in [0, 0.1) is 0 Å². The minimum atomic E-state index is -0.125. The summed E-state index contributed by atoms with van der Waals surface area (Å²) in [5.41, 5.74) is 7.83. The van der Waals surface area contributed by atoms with Gasteiger partial charge in [-0.1, -0.05) is 12.1 Å².